The molecule has 0 aliphatic carbocycles. The Morgan fingerprint density at radius 1 is 1.05 bits per heavy atom. The standard InChI is InChI=1S/C15H21NO3S/c1-7-13(10(4)18)8(2)16-14(7)15(19)12(6)20-11(5)9(3)17/h11-12,16H,1-6H3/t11-,12-/m1/s1. The normalized spacial score (nSPS) is 13.9. The summed E-state index contributed by atoms with van der Waals surface area (Å²) in [6, 6.07) is 0. The summed E-state index contributed by atoms with van der Waals surface area (Å²) in [6.45, 7) is 10.2. The lowest BCUT2D eigenvalue weighted by Gasteiger charge is -2.13. The summed E-state index contributed by atoms with van der Waals surface area (Å²) in [5.41, 5.74) is 2.48. The fraction of sp³-hybridized carbons (Fsp3) is 0.533. The van der Waals surface area contributed by atoms with E-state index in [1.54, 1.807) is 27.7 Å². The summed E-state index contributed by atoms with van der Waals surface area (Å²) in [6.07, 6.45) is 0. The van der Waals surface area contributed by atoms with Gasteiger partial charge in [-0.15, -0.1) is 11.8 Å². The van der Waals surface area contributed by atoms with E-state index in [-0.39, 0.29) is 27.8 Å². The van der Waals surface area contributed by atoms with Gasteiger partial charge in [0.15, 0.2) is 11.6 Å². The second kappa shape index (κ2) is 6.39. The van der Waals surface area contributed by atoms with Gasteiger partial charge in [-0.05, 0) is 47.1 Å². The van der Waals surface area contributed by atoms with E-state index in [2.05, 4.69) is 4.98 Å². The number of ketones is 3. The Kier molecular flexibility index (Phi) is 5.34. The third-order valence-electron chi connectivity index (χ3n) is 3.39. The molecule has 5 heteroatoms. The Labute approximate surface area is 123 Å². The van der Waals surface area contributed by atoms with Crippen LogP contribution in [-0.2, 0) is 4.79 Å². The van der Waals surface area contributed by atoms with E-state index >= 15 is 0 Å². The molecular formula is C15H21NO3S. The molecule has 0 bridgehead atoms. The number of aryl methyl sites for hydroxylation is 1. The molecule has 0 aliphatic heterocycles. The van der Waals surface area contributed by atoms with Crippen LogP contribution >= 0.6 is 11.8 Å². The quantitative estimate of drug-likeness (QED) is 0.819. The maximum atomic E-state index is 12.4. The molecule has 4 nitrogen and oxygen atoms in total. The number of H-pyrrole nitrogens is 1. The number of carbonyl (C=O) groups excluding carboxylic acids is 3. The van der Waals surface area contributed by atoms with Crippen molar-refractivity contribution in [2.24, 2.45) is 0 Å². The van der Waals surface area contributed by atoms with Crippen LogP contribution in [0.15, 0.2) is 0 Å². The van der Waals surface area contributed by atoms with Crippen molar-refractivity contribution in [3.8, 4) is 0 Å². The highest BCUT2D eigenvalue weighted by Crippen LogP contribution is 2.25. The number of hydrogen-bond acceptors (Lipinski definition) is 4. The maximum absolute atomic E-state index is 12.4. The Morgan fingerprint density at radius 2 is 1.60 bits per heavy atom. The number of carbonyl (C=O) groups is 3. The summed E-state index contributed by atoms with van der Waals surface area (Å²) in [7, 11) is 0. The number of Topliss-reactive ketones (excluding diaryl/α,β-unsaturated/α-hetero) is 3. The summed E-state index contributed by atoms with van der Waals surface area (Å²) in [5.74, 6) is -0.0672. The fourth-order valence-corrected chi connectivity index (χ4v) is 3.24. The third-order valence-corrected chi connectivity index (χ3v) is 4.75. The minimum Gasteiger partial charge on any atom is -0.355 e. The van der Waals surface area contributed by atoms with Gasteiger partial charge in [-0.1, -0.05) is 0 Å². The smallest absolute Gasteiger partial charge is 0.191 e. The van der Waals surface area contributed by atoms with Crippen LogP contribution in [0.5, 0.6) is 0 Å². The molecule has 0 unspecified atom stereocenters. The number of thioether (sulfide) groups is 1. The van der Waals surface area contributed by atoms with E-state index in [1.165, 1.54) is 25.6 Å². The van der Waals surface area contributed by atoms with Crippen LogP contribution in [0.3, 0.4) is 0 Å². The van der Waals surface area contributed by atoms with Crippen molar-refractivity contribution in [2.45, 2.75) is 52.0 Å². The Bertz CT molecular complexity index is 560. The van der Waals surface area contributed by atoms with Crippen molar-refractivity contribution in [2.75, 3.05) is 0 Å². The minimum absolute atomic E-state index is 0.0484. The second-order valence-electron chi connectivity index (χ2n) is 5.08. The van der Waals surface area contributed by atoms with Gasteiger partial charge in [-0.3, -0.25) is 14.4 Å². The maximum Gasteiger partial charge on any atom is 0.191 e. The average Bonchev–Trinajstić information content (AvgIpc) is 2.63. The lowest BCUT2D eigenvalue weighted by atomic mass is 10.0. The summed E-state index contributed by atoms with van der Waals surface area (Å²) >= 11 is 1.34. The third kappa shape index (κ3) is 3.39. The van der Waals surface area contributed by atoms with Crippen LogP contribution in [0, 0.1) is 13.8 Å². The predicted molar refractivity (Wildman–Crippen MR) is 81.8 cm³/mol. The van der Waals surface area contributed by atoms with Crippen LogP contribution in [0.1, 0.15) is 59.8 Å². The summed E-state index contributed by atoms with van der Waals surface area (Å²) in [4.78, 5) is 38.3. The van der Waals surface area contributed by atoms with Crippen molar-refractivity contribution < 1.29 is 14.4 Å². The first-order valence-corrected chi connectivity index (χ1v) is 7.51. The SMILES string of the molecule is CC(=O)c1c(C)[nH]c(C(=O)[C@@H](C)S[C@H](C)C(C)=O)c1C. The molecule has 0 aliphatic rings. The van der Waals surface area contributed by atoms with Crippen molar-refractivity contribution in [1.82, 2.24) is 4.98 Å². The first kappa shape index (κ1) is 16.7. The molecule has 1 rings (SSSR count). The highest BCUT2D eigenvalue weighted by atomic mass is 32.2. The fourth-order valence-electron chi connectivity index (χ4n) is 2.19. The van der Waals surface area contributed by atoms with Gasteiger partial charge in [0.25, 0.3) is 0 Å². The largest absolute Gasteiger partial charge is 0.355 e. The number of aromatic nitrogens is 1. The van der Waals surface area contributed by atoms with Gasteiger partial charge in [0.1, 0.15) is 5.78 Å². The Morgan fingerprint density at radius 3 is 2.00 bits per heavy atom. The van der Waals surface area contributed by atoms with Crippen LogP contribution < -0.4 is 0 Å². The van der Waals surface area contributed by atoms with E-state index in [9.17, 15) is 14.4 Å². The molecule has 0 spiro atoms. The lowest BCUT2D eigenvalue weighted by molar-refractivity contribution is -0.116. The molecule has 1 N–H and O–H groups in total. The monoisotopic (exact) mass is 295 g/mol. The molecule has 0 saturated heterocycles. The molecule has 1 aromatic heterocycles. The van der Waals surface area contributed by atoms with Crippen LogP contribution in [-0.4, -0.2) is 32.8 Å². The van der Waals surface area contributed by atoms with Crippen molar-refractivity contribution >= 4 is 29.1 Å². The van der Waals surface area contributed by atoms with Gasteiger partial charge in [0, 0.05) is 11.3 Å². The second-order valence-corrected chi connectivity index (χ2v) is 6.76. The van der Waals surface area contributed by atoms with E-state index in [4.69, 9.17) is 0 Å². The van der Waals surface area contributed by atoms with E-state index < -0.39 is 0 Å². The molecule has 0 radical (unpaired) electrons. The molecule has 1 heterocycles. The lowest BCUT2D eigenvalue weighted by Crippen LogP contribution is -2.21. The summed E-state index contributed by atoms with van der Waals surface area (Å²) < 4.78 is 0. The van der Waals surface area contributed by atoms with E-state index in [0.29, 0.717) is 16.8 Å². The zero-order valence-electron chi connectivity index (χ0n) is 12.8. The predicted octanol–water partition coefficient (Wildman–Crippen LogP) is 3.12. The van der Waals surface area contributed by atoms with E-state index in [0.717, 1.165) is 5.69 Å². The van der Waals surface area contributed by atoms with Crippen LogP contribution in [0.25, 0.3) is 0 Å². The van der Waals surface area contributed by atoms with Gasteiger partial charge in [-0.2, -0.15) is 0 Å². The first-order valence-electron chi connectivity index (χ1n) is 6.57. The topological polar surface area (TPSA) is 67.0 Å². The zero-order chi connectivity index (χ0) is 15.6. The first-order chi connectivity index (χ1) is 9.16. The Balaban J connectivity index is 3.01. The van der Waals surface area contributed by atoms with Gasteiger partial charge in [0.05, 0.1) is 16.2 Å². The minimum atomic E-state index is -0.328. The molecule has 20 heavy (non-hydrogen) atoms. The molecule has 110 valence electrons. The zero-order valence-corrected chi connectivity index (χ0v) is 13.6. The molecular weight excluding hydrogens is 274 g/mol. The van der Waals surface area contributed by atoms with Crippen molar-refractivity contribution in [3.63, 3.8) is 0 Å². The molecule has 2 atom stereocenters. The van der Waals surface area contributed by atoms with Crippen molar-refractivity contribution in [3.05, 3.63) is 22.5 Å². The van der Waals surface area contributed by atoms with Gasteiger partial charge < -0.3 is 4.98 Å². The number of rotatable bonds is 6. The highest BCUT2D eigenvalue weighted by molar-refractivity contribution is 8.01. The number of aromatic amines is 1. The number of nitrogens with one attached hydrogen (secondary N) is 1. The molecule has 0 aromatic carbocycles. The molecule has 1 aromatic rings. The van der Waals surface area contributed by atoms with Gasteiger partial charge in [-0.25, -0.2) is 0 Å². The van der Waals surface area contributed by atoms with E-state index in [1.807, 2.05) is 0 Å². The van der Waals surface area contributed by atoms with Gasteiger partial charge >= 0.3 is 0 Å². The highest BCUT2D eigenvalue weighted by Gasteiger charge is 2.25. The summed E-state index contributed by atoms with van der Waals surface area (Å²) in [5, 5.41) is -0.539. The molecule has 0 amide bonds. The van der Waals surface area contributed by atoms with Crippen LogP contribution in [0.4, 0.5) is 0 Å². The van der Waals surface area contributed by atoms with Crippen molar-refractivity contribution in [1.29, 1.82) is 0 Å². The van der Waals surface area contributed by atoms with Crippen LogP contribution in [0.2, 0.25) is 0 Å². The van der Waals surface area contributed by atoms with Gasteiger partial charge in [0.2, 0.25) is 0 Å². The Hall–Kier alpha value is -1.36. The number of hydrogen-bond donors (Lipinski definition) is 1. The average molecular weight is 295 g/mol. The molecule has 0 saturated carbocycles. The molecule has 0 fully saturated rings.